The average molecular weight is 303 g/mol. The maximum Gasteiger partial charge on any atom is 0.320 e. The molecule has 0 aliphatic heterocycles. The van der Waals surface area contributed by atoms with E-state index in [0.717, 1.165) is 19.5 Å². The van der Waals surface area contributed by atoms with Crippen LogP contribution in [0.1, 0.15) is 17.4 Å². The summed E-state index contributed by atoms with van der Waals surface area (Å²) in [5.74, 6) is -0.153. The Morgan fingerprint density at radius 3 is 2.67 bits per heavy atom. The third kappa shape index (κ3) is 5.69. The Hall–Kier alpha value is -1.65. The van der Waals surface area contributed by atoms with E-state index in [-0.39, 0.29) is 5.97 Å². The van der Waals surface area contributed by atoms with Gasteiger partial charge in [0.2, 0.25) is 0 Å². The number of esters is 1. The van der Waals surface area contributed by atoms with Crippen LogP contribution in [0.5, 0.6) is 0 Å². The number of carbonyl (C=O) groups excluding carboxylic acids is 1. The molecule has 0 saturated carbocycles. The second-order valence-corrected chi connectivity index (χ2v) is 5.86. The molecule has 112 valence electrons. The van der Waals surface area contributed by atoms with Crippen LogP contribution < -0.4 is 0 Å². The predicted molar refractivity (Wildman–Crippen MR) is 86.4 cm³/mol. The largest absolute Gasteiger partial charge is 0.465 e. The van der Waals surface area contributed by atoms with Gasteiger partial charge in [0.25, 0.3) is 0 Å². The molecule has 2 rings (SSSR count). The summed E-state index contributed by atoms with van der Waals surface area (Å²) in [6.45, 7) is 4.24. The van der Waals surface area contributed by atoms with Crippen molar-refractivity contribution in [3.05, 3.63) is 58.3 Å². The predicted octanol–water partition coefficient (Wildman–Crippen LogP) is 3.36. The highest BCUT2D eigenvalue weighted by Gasteiger charge is 2.12. The molecule has 3 nitrogen and oxygen atoms in total. The molecule has 4 heteroatoms. The molecule has 21 heavy (non-hydrogen) atoms. The van der Waals surface area contributed by atoms with Crippen LogP contribution in [-0.2, 0) is 22.5 Å². The second-order valence-electron chi connectivity index (χ2n) is 4.83. The number of benzene rings is 1. The molecule has 1 aromatic heterocycles. The van der Waals surface area contributed by atoms with E-state index in [1.807, 2.05) is 25.1 Å². The van der Waals surface area contributed by atoms with Gasteiger partial charge in [-0.1, -0.05) is 36.4 Å². The number of hydrogen-bond donors (Lipinski definition) is 0. The highest BCUT2D eigenvalue weighted by atomic mass is 32.1. The average Bonchev–Trinajstić information content (AvgIpc) is 2.99. The molecule has 0 saturated heterocycles. The highest BCUT2D eigenvalue weighted by molar-refractivity contribution is 7.09. The van der Waals surface area contributed by atoms with Crippen molar-refractivity contribution in [1.82, 2.24) is 4.90 Å². The first-order chi connectivity index (χ1) is 10.3. The minimum atomic E-state index is -0.153. The molecule has 0 N–H and O–H groups in total. The molecular weight excluding hydrogens is 282 g/mol. The summed E-state index contributed by atoms with van der Waals surface area (Å²) in [5, 5.41) is 2.09. The van der Waals surface area contributed by atoms with E-state index in [1.165, 1.54) is 10.4 Å². The summed E-state index contributed by atoms with van der Waals surface area (Å²) >= 11 is 1.76. The Morgan fingerprint density at radius 1 is 1.19 bits per heavy atom. The van der Waals surface area contributed by atoms with E-state index < -0.39 is 0 Å². The molecule has 0 fully saturated rings. The number of ether oxygens (including phenoxy) is 1. The first kappa shape index (κ1) is 15.7. The molecule has 0 bridgehead atoms. The van der Waals surface area contributed by atoms with Gasteiger partial charge >= 0.3 is 5.97 Å². The molecule has 0 aliphatic carbocycles. The zero-order valence-electron chi connectivity index (χ0n) is 12.3. The Labute approximate surface area is 130 Å². The zero-order valence-corrected chi connectivity index (χ0v) is 13.1. The van der Waals surface area contributed by atoms with E-state index in [2.05, 4.69) is 34.5 Å². The molecule has 0 amide bonds. The fourth-order valence-corrected chi connectivity index (χ4v) is 2.87. The fourth-order valence-electron chi connectivity index (χ4n) is 2.17. The van der Waals surface area contributed by atoms with Crippen molar-refractivity contribution in [3.8, 4) is 0 Å². The first-order valence-corrected chi connectivity index (χ1v) is 8.10. The number of nitrogens with zero attached hydrogens (tertiary/aromatic N) is 1. The lowest BCUT2D eigenvalue weighted by Gasteiger charge is -2.21. The molecule has 0 spiro atoms. The normalized spacial score (nSPS) is 10.8. The standard InChI is InChI=1S/C17H21NO2S/c1-2-20-17(19)14-18(11-10-16-9-6-12-21-16)13-15-7-4-3-5-8-15/h3-9,12H,2,10-11,13-14H2,1H3. The molecule has 1 aromatic carbocycles. The minimum absolute atomic E-state index is 0.153. The van der Waals surface area contributed by atoms with Crippen LogP contribution in [0.25, 0.3) is 0 Å². The van der Waals surface area contributed by atoms with Gasteiger partial charge in [-0.3, -0.25) is 9.69 Å². The Kier molecular flexibility index (Phi) is 6.44. The van der Waals surface area contributed by atoms with Crippen molar-refractivity contribution in [3.63, 3.8) is 0 Å². The van der Waals surface area contributed by atoms with Gasteiger partial charge in [0, 0.05) is 18.0 Å². The lowest BCUT2D eigenvalue weighted by Crippen LogP contribution is -2.32. The smallest absolute Gasteiger partial charge is 0.320 e. The molecule has 0 radical (unpaired) electrons. The van der Waals surface area contributed by atoms with E-state index >= 15 is 0 Å². The topological polar surface area (TPSA) is 29.5 Å². The van der Waals surface area contributed by atoms with Gasteiger partial charge in [-0.05, 0) is 30.4 Å². The maximum absolute atomic E-state index is 11.7. The van der Waals surface area contributed by atoms with Crippen molar-refractivity contribution in [1.29, 1.82) is 0 Å². The number of rotatable bonds is 8. The van der Waals surface area contributed by atoms with Crippen LogP contribution in [0.3, 0.4) is 0 Å². The molecular formula is C17H21NO2S. The zero-order chi connectivity index (χ0) is 14.9. The van der Waals surface area contributed by atoms with E-state index in [0.29, 0.717) is 13.2 Å². The van der Waals surface area contributed by atoms with Crippen LogP contribution in [0.15, 0.2) is 47.8 Å². The lowest BCUT2D eigenvalue weighted by atomic mass is 10.2. The summed E-state index contributed by atoms with van der Waals surface area (Å²) in [4.78, 5) is 15.2. The van der Waals surface area contributed by atoms with E-state index in [1.54, 1.807) is 11.3 Å². The molecule has 0 atom stereocenters. The van der Waals surface area contributed by atoms with Crippen molar-refractivity contribution < 1.29 is 9.53 Å². The van der Waals surface area contributed by atoms with Crippen molar-refractivity contribution in [2.75, 3.05) is 19.7 Å². The quantitative estimate of drug-likeness (QED) is 0.700. The van der Waals surface area contributed by atoms with Crippen LogP contribution in [0.2, 0.25) is 0 Å². The van der Waals surface area contributed by atoms with E-state index in [4.69, 9.17) is 4.74 Å². The van der Waals surface area contributed by atoms with Crippen molar-refractivity contribution >= 4 is 17.3 Å². The minimum Gasteiger partial charge on any atom is -0.465 e. The third-order valence-electron chi connectivity index (χ3n) is 3.16. The summed E-state index contributed by atoms with van der Waals surface area (Å²) < 4.78 is 5.07. The molecule has 0 aliphatic rings. The van der Waals surface area contributed by atoms with Gasteiger partial charge in [-0.15, -0.1) is 11.3 Å². The Morgan fingerprint density at radius 2 is 2.00 bits per heavy atom. The summed E-state index contributed by atoms with van der Waals surface area (Å²) in [6, 6.07) is 14.4. The van der Waals surface area contributed by atoms with Crippen LogP contribution in [0.4, 0.5) is 0 Å². The summed E-state index contributed by atoms with van der Waals surface area (Å²) in [6.07, 6.45) is 0.962. The molecule has 0 unspecified atom stereocenters. The van der Waals surface area contributed by atoms with Crippen molar-refractivity contribution in [2.45, 2.75) is 19.9 Å². The second kappa shape index (κ2) is 8.60. The number of carbonyl (C=O) groups is 1. The summed E-state index contributed by atoms with van der Waals surface area (Å²) in [7, 11) is 0. The van der Waals surface area contributed by atoms with Gasteiger partial charge in [-0.2, -0.15) is 0 Å². The van der Waals surface area contributed by atoms with Crippen LogP contribution >= 0.6 is 11.3 Å². The lowest BCUT2D eigenvalue weighted by molar-refractivity contribution is -0.144. The monoisotopic (exact) mass is 303 g/mol. The van der Waals surface area contributed by atoms with Crippen molar-refractivity contribution in [2.24, 2.45) is 0 Å². The SMILES string of the molecule is CCOC(=O)CN(CCc1cccs1)Cc1ccccc1. The molecule has 2 aromatic rings. The third-order valence-corrected chi connectivity index (χ3v) is 4.10. The van der Waals surface area contributed by atoms with Gasteiger partial charge < -0.3 is 4.74 Å². The van der Waals surface area contributed by atoms with Gasteiger partial charge in [-0.25, -0.2) is 0 Å². The first-order valence-electron chi connectivity index (χ1n) is 7.22. The van der Waals surface area contributed by atoms with Gasteiger partial charge in [0.05, 0.1) is 13.2 Å². The van der Waals surface area contributed by atoms with E-state index in [9.17, 15) is 4.79 Å². The number of thiophene rings is 1. The highest BCUT2D eigenvalue weighted by Crippen LogP contribution is 2.11. The van der Waals surface area contributed by atoms with Gasteiger partial charge in [0.1, 0.15) is 0 Å². The molecule has 1 heterocycles. The maximum atomic E-state index is 11.7. The summed E-state index contributed by atoms with van der Waals surface area (Å²) in [5.41, 5.74) is 1.22. The Bertz CT molecular complexity index is 525. The van der Waals surface area contributed by atoms with Crippen LogP contribution in [0, 0.1) is 0 Å². The number of hydrogen-bond acceptors (Lipinski definition) is 4. The van der Waals surface area contributed by atoms with Gasteiger partial charge in [0.15, 0.2) is 0 Å². The Balaban J connectivity index is 1.94. The van der Waals surface area contributed by atoms with Crippen LogP contribution in [-0.4, -0.2) is 30.6 Å². The fraction of sp³-hybridized carbons (Fsp3) is 0.353.